The fraction of sp³-hybridized carbons (Fsp3) is 0.667. The Bertz CT molecular complexity index is 397. The summed E-state index contributed by atoms with van der Waals surface area (Å²) in [7, 11) is 0. The Morgan fingerprint density at radius 2 is 2.24 bits per heavy atom. The van der Waals surface area contributed by atoms with Crippen molar-refractivity contribution in [3.8, 4) is 0 Å². The van der Waals surface area contributed by atoms with E-state index in [0.29, 0.717) is 10.8 Å². The molecule has 5 heteroatoms. The van der Waals surface area contributed by atoms with E-state index in [2.05, 4.69) is 17.2 Å². The van der Waals surface area contributed by atoms with Gasteiger partial charge in [0, 0.05) is 5.92 Å². The van der Waals surface area contributed by atoms with Crippen molar-refractivity contribution in [2.24, 2.45) is 0 Å². The maximum atomic E-state index is 11.2. The van der Waals surface area contributed by atoms with Gasteiger partial charge in [0.2, 0.25) is 0 Å². The number of carboxylic acid groups (broad SMARTS) is 1. The fourth-order valence-corrected chi connectivity index (χ4v) is 3.31. The molecule has 0 atom stereocenters. The van der Waals surface area contributed by atoms with Gasteiger partial charge in [0.25, 0.3) is 0 Å². The Labute approximate surface area is 105 Å². The summed E-state index contributed by atoms with van der Waals surface area (Å²) in [6.45, 7) is 4.07. The van der Waals surface area contributed by atoms with Crippen LogP contribution in [0.3, 0.4) is 0 Å². The number of carboxylic acids is 1. The average Bonchev–Trinajstić information content (AvgIpc) is 2.75. The summed E-state index contributed by atoms with van der Waals surface area (Å²) >= 11 is 1.38. The first-order chi connectivity index (χ1) is 8.22. The number of carbonyl (C=O) groups is 1. The molecule has 0 amide bonds. The lowest BCUT2D eigenvalue weighted by molar-refractivity contribution is 0.0700. The second-order valence-electron chi connectivity index (χ2n) is 4.41. The maximum Gasteiger partial charge on any atom is 0.347 e. The van der Waals surface area contributed by atoms with E-state index in [0.717, 1.165) is 49.5 Å². The van der Waals surface area contributed by atoms with Gasteiger partial charge in [-0.1, -0.05) is 13.3 Å². The molecule has 0 aliphatic carbocycles. The molecule has 0 unspecified atom stereocenters. The van der Waals surface area contributed by atoms with Gasteiger partial charge in [-0.05, 0) is 32.4 Å². The normalized spacial score (nSPS) is 17.2. The lowest BCUT2D eigenvalue weighted by Gasteiger charge is -2.20. The molecule has 1 aromatic rings. The van der Waals surface area contributed by atoms with Crippen molar-refractivity contribution in [3.63, 3.8) is 0 Å². The molecule has 1 aliphatic rings. The summed E-state index contributed by atoms with van der Waals surface area (Å²) in [5.74, 6) is -0.379. The second kappa shape index (κ2) is 5.60. The van der Waals surface area contributed by atoms with Crippen LogP contribution in [-0.2, 0) is 6.42 Å². The minimum absolute atomic E-state index is 0.445. The largest absolute Gasteiger partial charge is 0.477 e. The van der Waals surface area contributed by atoms with E-state index in [4.69, 9.17) is 5.11 Å². The van der Waals surface area contributed by atoms with Crippen LogP contribution in [0.4, 0.5) is 0 Å². The van der Waals surface area contributed by atoms with Crippen LogP contribution in [-0.4, -0.2) is 29.1 Å². The van der Waals surface area contributed by atoms with Crippen molar-refractivity contribution in [2.75, 3.05) is 13.1 Å². The van der Waals surface area contributed by atoms with E-state index in [1.807, 2.05) is 0 Å². The number of nitrogens with zero attached hydrogens (tertiary/aromatic N) is 1. The van der Waals surface area contributed by atoms with Gasteiger partial charge in [-0.2, -0.15) is 0 Å². The van der Waals surface area contributed by atoms with Crippen molar-refractivity contribution < 1.29 is 9.90 Å². The SMILES string of the molecule is CCCc1nc(C2CCNCC2)sc1C(=O)O. The minimum Gasteiger partial charge on any atom is -0.477 e. The highest BCUT2D eigenvalue weighted by Crippen LogP contribution is 2.31. The summed E-state index contributed by atoms with van der Waals surface area (Å²) in [4.78, 5) is 16.2. The number of aromatic carboxylic acids is 1. The molecular weight excluding hydrogens is 236 g/mol. The number of thiazole rings is 1. The fourth-order valence-electron chi connectivity index (χ4n) is 2.19. The van der Waals surface area contributed by atoms with Gasteiger partial charge in [-0.25, -0.2) is 9.78 Å². The quantitative estimate of drug-likeness (QED) is 0.865. The minimum atomic E-state index is -0.828. The number of piperidine rings is 1. The first kappa shape index (κ1) is 12.5. The molecule has 17 heavy (non-hydrogen) atoms. The van der Waals surface area contributed by atoms with Crippen LogP contribution in [0.2, 0.25) is 0 Å². The van der Waals surface area contributed by atoms with Crippen LogP contribution in [0.5, 0.6) is 0 Å². The molecule has 0 bridgehead atoms. The van der Waals surface area contributed by atoms with Gasteiger partial charge in [-0.15, -0.1) is 11.3 Å². The summed E-state index contributed by atoms with van der Waals surface area (Å²) in [5, 5.41) is 13.5. The number of aryl methyl sites for hydroxylation is 1. The van der Waals surface area contributed by atoms with E-state index in [-0.39, 0.29) is 0 Å². The highest BCUT2D eigenvalue weighted by atomic mass is 32.1. The third-order valence-corrected chi connectivity index (χ3v) is 4.33. The molecule has 1 fully saturated rings. The summed E-state index contributed by atoms with van der Waals surface area (Å²) in [5.41, 5.74) is 0.776. The molecule has 0 saturated carbocycles. The van der Waals surface area contributed by atoms with Crippen LogP contribution in [0, 0.1) is 0 Å². The zero-order chi connectivity index (χ0) is 12.3. The Balaban J connectivity index is 2.22. The van der Waals surface area contributed by atoms with Crippen LogP contribution in [0.25, 0.3) is 0 Å². The van der Waals surface area contributed by atoms with Crippen LogP contribution in [0.1, 0.15) is 52.5 Å². The highest BCUT2D eigenvalue weighted by molar-refractivity contribution is 7.13. The molecule has 4 nitrogen and oxygen atoms in total. The van der Waals surface area contributed by atoms with Gasteiger partial charge < -0.3 is 10.4 Å². The molecule has 1 aromatic heterocycles. The zero-order valence-corrected chi connectivity index (χ0v) is 10.8. The summed E-state index contributed by atoms with van der Waals surface area (Å²) in [6.07, 6.45) is 3.84. The number of rotatable bonds is 4. The molecule has 2 heterocycles. The predicted octanol–water partition coefficient (Wildman–Crippen LogP) is 2.26. The Morgan fingerprint density at radius 1 is 1.53 bits per heavy atom. The molecule has 2 N–H and O–H groups in total. The maximum absolute atomic E-state index is 11.2. The third kappa shape index (κ3) is 2.84. The summed E-state index contributed by atoms with van der Waals surface area (Å²) in [6, 6.07) is 0. The zero-order valence-electron chi connectivity index (χ0n) is 10.0. The van der Waals surface area contributed by atoms with Crippen LogP contribution >= 0.6 is 11.3 Å². The van der Waals surface area contributed by atoms with Gasteiger partial charge in [0.1, 0.15) is 4.88 Å². The van der Waals surface area contributed by atoms with Gasteiger partial charge in [0.05, 0.1) is 10.7 Å². The van der Waals surface area contributed by atoms with Crippen LogP contribution < -0.4 is 5.32 Å². The van der Waals surface area contributed by atoms with Crippen LogP contribution in [0.15, 0.2) is 0 Å². The Kier molecular flexibility index (Phi) is 4.12. The number of hydrogen-bond acceptors (Lipinski definition) is 4. The van der Waals surface area contributed by atoms with Gasteiger partial charge in [0.15, 0.2) is 0 Å². The molecular formula is C12H18N2O2S. The summed E-state index contributed by atoms with van der Waals surface area (Å²) < 4.78 is 0. The first-order valence-electron chi connectivity index (χ1n) is 6.16. The van der Waals surface area contributed by atoms with E-state index in [1.165, 1.54) is 11.3 Å². The molecule has 2 rings (SSSR count). The monoisotopic (exact) mass is 254 g/mol. The molecule has 0 spiro atoms. The lowest BCUT2D eigenvalue weighted by atomic mass is 9.99. The Hall–Kier alpha value is -0.940. The van der Waals surface area contributed by atoms with Crippen molar-refractivity contribution in [2.45, 2.75) is 38.5 Å². The average molecular weight is 254 g/mol. The molecule has 0 radical (unpaired) electrons. The van der Waals surface area contributed by atoms with E-state index in [9.17, 15) is 4.79 Å². The molecule has 1 saturated heterocycles. The molecule has 1 aliphatic heterocycles. The number of nitrogens with one attached hydrogen (secondary N) is 1. The number of aromatic nitrogens is 1. The highest BCUT2D eigenvalue weighted by Gasteiger charge is 2.23. The second-order valence-corrected chi connectivity index (χ2v) is 5.44. The predicted molar refractivity (Wildman–Crippen MR) is 67.9 cm³/mol. The first-order valence-corrected chi connectivity index (χ1v) is 6.97. The van der Waals surface area contributed by atoms with Crippen molar-refractivity contribution in [1.82, 2.24) is 10.3 Å². The number of hydrogen-bond donors (Lipinski definition) is 2. The van der Waals surface area contributed by atoms with Gasteiger partial charge in [-0.3, -0.25) is 0 Å². The van der Waals surface area contributed by atoms with E-state index in [1.54, 1.807) is 0 Å². The van der Waals surface area contributed by atoms with Crippen molar-refractivity contribution in [1.29, 1.82) is 0 Å². The standard InChI is InChI=1S/C12H18N2O2S/c1-2-3-9-10(12(15)16)17-11(14-9)8-4-6-13-7-5-8/h8,13H,2-7H2,1H3,(H,15,16). The van der Waals surface area contributed by atoms with Crippen molar-refractivity contribution >= 4 is 17.3 Å². The lowest BCUT2D eigenvalue weighted by Crippen LogP contribution is -2.26. The third-order valence-electron chi connectivity index (χ3n) is 3.08. The smallest absolute Gasteiger partial charge is 0.347 e. The topological polar surface area (TPSA) is 62.2 Å². The molecule has 0 aromatic carbocycles. The van der Waals surface area contributed by atoms with E-state index >= 15 is 0 Å². The molecule has 94 valence electrons. The van der Waals surface area contributed by atoms with E-state index < -0.39 is 5.97 Å². The van der Waals surface area contributed by atoms with Crippen molar-refractivity contribution in [3.05, 3.63) is 15.6 Å². The Morgan fingerprint density at radius 3 is 2.82 bits per heavy atom. The van der Waals surface area contributed by atoms with Gasteiger partial charge >= 0.3 is 5.97 Å².